The minimum atomic E-state index is 0.0897. The molecule has 0 bridgehead atoms. The number of carbonyl (C=O) groups excluding carboxylic acids is 1. The molecular weight excluding hydrogens is 212 g/mol. The largest absolute Gasteiger partial charge is 0.356 e. The van der Waals surface area contributed by atoms with Gasteiger partial charge in [-0.1, -0.05) is 20.8 Å². The van der Waals surface area contributed by atoms with Crippen molar-refractivity contribution in [1.82, 2.24) is 10.6 Å². The van der Waals surface area contributed by atoms with Gasteiger partial charge in [0.05, 0.1) is 0 Å². The Balaban J connectivity index is 3.54. The van der Waals surface area contributed by atoms with E-state index >= 15 is 0 Å². The molecule has 0 aromatic heterocycles. The molecule has 0 aliphatic heterocycles. The van der Waals surface area contributed by atoms with E-state index in [2.05, 4.69) is 52.2 Å². The fourth-order valence-electron chi connectivity index (χ4n) is 1.41. The van der Waals surface area contributed by atoms with Crippen molar-refractivity contribution in [2.75, 3.05) is 13.1 Å². The Morgan fingerprint density at radius 1 is 1.12 bits per heavy atom. The summed E-state index contributed by atoms with van der Waals surface area (Å²) >= 11 is 0. The molecule has 0 saturated carbocycles. The van der Waals surface area contributed by atoms with Gasteiger partial charge in [0.25, 0.3) is 0 Å². The van der Waals surface area contributed by atoms with Crippen molar-refractivity contribution in [2.45, 2.75) is 59.9 Å². The van der Waals surface area contributed by atoms with Gasteiger partial charge >= 0.3 is 0 Å². The lowest BCUT2D eigenvalue weighted by Gasteiger charge is -2.20. The van der Waals surface area contributed by atoms with Crippen molar-refractivity contribution in [1.29, 1.82) is 0 Å². The maximum atomic E-state index is 11.5. The number of carbonyl (C=O) groups is 1. The Kier molecular flexibility index (Phi) is 7.44. The third-order valence-electron chi connectivity index (χ3n) is 3.07. The van der Waals surface area contributed by atoms with Crippen LogP contribution in [0.15, 0.2) is 0 Å². The van der Waals surface area contributed by atoms with Crippen LogP contribution in [0.25, 0.3) is 0 Å². The zero-order valence-corrected chi connectivity index (χ0v) is 12.4. The molecule has 1 amide bonds. The van der Waals surface area contributed by atoms with Crippen molar-refractivity contribution in [3.63, 3.8) is 0 Å². The van der Waals surface area contributed by atoms with Crippen molar-refractivity contribution in [3.8, 4) is 0 Å². The van der Waals surface area contributed by atoms with Gasteiger partial charge in [0.2, 0.25) is 5.91 Å². The normalized spacial score (nSPS) is 13.8. The SMILES string of the molecule is CC(C)[C@H](C)CCNC(=O)CCNC(C)(C)C. The number of hydrogen-bond acceptors (Lipinski definition) is 2. The summed E-state index contributed by atoms with van der Waals surface area (Å²) in [6.07, 6.45) is 1.63. The third-order valence-corrected chi connectivity index (χ3v) is 3.07. The monoisotopic (exact) mass is 242 g/mol. The lowest BCUT2D eigenvalue weighted by atomic mass is 9.95. The molecule has 0 heterocycles. The van der Waals surface area contributed by atoms with Gasteiger partial charge in [-0.25, -0.2) is 0 Å². The summed E-state index contributed by atoms with van der Waals surface area (Å²) in [4.78, 5) is 11.5. The maximum Gasteiger partial charge on any atom is 0.221 e. The average Bonchev–Trinajstić information content (AvgIpc) is 2.15. The molecule has 0 radical (unpaired) electrons. The highest BCUT2D eigenvalue weighted by Gasteiger charge is 2.10. The van der Waals surface area contributed by atoms with E-state index < -0.39 is 0 Å². The zero-order chi connectivity index (χ0) is 13.5. The predicted octanol–water partition coefficient (Wildman–Crippen LogP) is 2.56. The van der Waals surface area contributed by atoms with Crippen LogP contribution >= 0.6 is 0 Å². The smallest absolute Gasteiger partial charge is 0.221 e. The van der Waals surface area contributed by atoms with Crippen LogP contribution < -0.4 is 10.6 Å². The molecule has 0 aliphatic carbocycles. The van der Waals surface area contributed by atoms with Crippen LogP contribution in [0.3, 0.4) is 0 Å². The Morgan fingerprint density at radius 2 is 1.71 bits per heavy atom. The Morgan fingerprint density at radius 3 is 2.18 bits per heavy atom. The van der Waals surface area contributed by atoms with Gasteiger partial charge in [0.1, 0.15) is 0 Å². The minimum absolute atomic E-state index is 0.0897. The van der Waals surface area contributed by atoms with Gasteiger partial charge in [0, 0.05) is 25.0 Å². The summed E-state index contributed by atoms with van der Waals surface area (Å²) < 4.78 is 0. The van der Waals surface area contributed by atoms with E-state index in [0.29, 0.717) is 18.3 Å². The van der Waals surface area contributed by atoms with Gasteiger partial charge in [-0.15, -0.1) is 0 Å². The lowest BCUT2D eigenvalue weighted by Crippen LogP contribution is -2.38. The van der Waals surface area contributed by atoms with Crippen molar-refractivity contribution < 1.29 is 4.79 Å². The van der Waals surface area contributed by atoms with E-state index in [-0.39, 0.29) is 11.4 Å². The Bertz CT molecular complexity index is 219. The summed E-state index contributed by atoms with van der Waals surface area (Å²) in [7, 11) is 0. The lowest BCUT2D eigenvalue weighted by molar-refractivity contribution is -0.121. The molecule has 0 fully saturated rings. The molecule has 3 heteroatoms. The van der Waals surface area contributed by atoms with E-state index in [4.69, 9.17) is 0 Å². The van der Waals surface area contributed by atoms with Crippen molar-refractivity contribution in [2.24, 2.45) is 11.8 Å². The van der Waals surface area contributed by atoms with Crippen LogP contribution in [-0.4, -0.2) is 24.5 Å². The predicted molar refractivity (Wildman–Crippen MR) is 74.0 cm³/mol. The summed E-state index contributed by atoms with van der Waals surface area (Å²) in [5.41, 5.74) is 0.0897. The number of rotatable bonds is 7. The maximum absolute atomic E-state index is 11.5. The molecule has 0 saturated heterocycles. The molecule has 3 nitrogen and oxygen atoms in total. The third kappa shape index (κ3) is 10.3. The fraction of sp³-hybridized carbons (Fsp3) is 0.929. The molecule has 0 unspecified atom stereocenters. The second kappa shape index (κ2) is 7.70. The number of amides is 1. The Hall–Kier alpha value is -0.570. The summed E-state index contributed by atoms with van der Waals surface area (Å²) in [5.74, 6) is 1.51. The minimum Gasteiger partial charge on any atom is -0.356 e. The summed E-state index contributed by atoms with van der Waals surface area (Å²) in [5, 5.41) is 6.29. The van der Waals surface area contributed by atoms with Crippen molar-refractivity contribution >= 4 is 5.91 Å². The van der Waals surface area contributed by atoms with Crippen LogP contribution in [0, 0.1) is 11.8 Å². The van der Waals surface area contributed by atoms with E-state index in [9.17, 15) is 4.79 Å². The van der Waals surface area contributed by atoms with Crippen LogP contribution in [-0.2, 0) is 4.79 Å². The molecule has 1 atom stereocenters. The Labute approximate surface area is 107 Å². The summed E-state index contributed by atoms with van der Waals surface area (Å²) in [6.45, 7) is 14.5. The van der Waals surface area contributed by atoms with Gasteiger partial charge < -0.3 is 10.6 Å². The first kappa shape index (κ1) is 16.4. The van der Waals surface area contributed by atoms with Crippen LogP contribution in [0.1, 0.15) is 54.4 Å². The number of hydrogen-bond donors (Lipinski definition) is 2. The zero-order valence-electron chi connectivity index (χ0n) is 12.4. The first-order valence-corrected chi connectivity index (χ1v) is 6.74. The quantitative estimate of drug-likeness (QED) is 0.720. The average molecular weight is 242 g/mol. The van der Waals surface area contributed by atoms with E-state index in [0.717, 1.165) is 19.5 Å². The molecule has 0 aromatic carbocycles. The second-order valence-electron chi connectivity index (χ2n) is 6.29. The van der Waals surface area contributed by atoms with Gasteiger partial charge in [0.15, 0.2) is 0 Å². The molecule has 0 spiro atoms. The topological polar surface area (TPSA) is 41.1 Å². The molecule has 0 aliphatic rings. The standard InChI is InChI=1S/C14H30N2O/c1-11(2)12(3)7-9-15-13(17)8-10-16-14(4,5)6/h11-12,16H,7-10H2,1-6H3,(H,15,17)/t12-/m1/s1. The first-order valence-electron chi connectivity index (χ1n) is 6.74. The second-order valence-corrected chi connectivity index (χ2v) is 6.29. The van der Waals surface area contributed by atoms with Gasteiger partial charge in [-0.3, -0.25) is 4.79 Å². The molecule has 0 rings (SSSR count). The first-order chi connectivity index (χ1) is 7.72. The highest BCUT2D eigenvalue weighted by molar-refractivity contribution is 5.76. The van der Waals surface area contributed by atoms with Crippen LogP contribution in [0.2, 0.25) is 0 Å². The van der Waals surface area contributed by atoms with Gasteiger partial charge in [-0.05, 0) is 39.0 Å². The van der Waals surface area contributed by atoms with E-state index in [1.807, 2.05) is 0 Å². The van der Waals surface area contributed by atoms with Crippen molar-refractivity contribution in [3.05, 3.63) is 0 Å². The summed E-state index contributed by atoms with van der Waals surface area (Å²) in [6, 6.07) is 0. The molecule has 0 aromatic rings. The highest BCUT2D eigenvalue weighted by atomic mass is 16.1. The fourth-order valence-corrected chi connectivity index (χ4v) is 1.41. The molecule has 17 heavy (non-hydrogen) atoms. The van der Waals surface area contributed by atoms with Crippen LogP contribution in [0.4, 0.5) is 0 Å². The van der Waals surface area contributed by atoms with E-state index in [1.165, 1.54) is 0 Å². The number of nitrogens with one attached hydrogen (secondary N) is 2. The highest BCUT2D eigenvalue weighted by Crippen LogP contribution is 2.12. The molecule has 102 valence electrons. The van der Waals surface area contributed by atoms with E-state index in [1.54, 1.807) is 0 Å². The van der Waals surface area contributed by atoms with Gasteiger partial charge in [-0.2, -0.15) is 0 Å². The molecular formula is C14H30N2O. The molecule has 2 N–H and O–H groups in total. The van der Waals surface area contributed by atoms with Crippen LogP contribution in [0.5, 0.6) is 0 Å².